The van der Waals surface area contributed by atoms with Crippen molar-refractivity contribution in [2.75, 3.05) is 19.8 Å². The molecule has 0 aromatic heterocycles. The molecule has 0 N–H and O–H groups in total. The molecule has 0 aliphatic heterocycles. The molecule has 0 saturated carbocycles. The van der Waals surface area contributed by atoms with Gasteiger partial charge in [0.15, 0.2) is 6.29 Å². The molecule has 0 spiro atoms. The van der Waals surface area contributed by atoms with Gasteiger partial charge >= 0.3 is 5.97 Å². The van der Waals surface area contributed by atoms with Crippen molar-refractivity contribution in [1.82, 2.24) is 0 Å². The Labute approximate surface area is 91.2 Å². The first-order valence-corrected chi connectivity index (χ1v) is 5.17. The van der Waals surface area contributed by atoms with E-state index in [1.807, 2.05) is 13.8 Å². The fourth-order valence-electron chi connectivity index (χ4n) is 0.958. The summed E-state index contributed by atoms with van der Waals surface area (Å²) in [7, 11) is 0. The number of rotatable bonds is 8. The van der Waals surface area contributed by atoms with E-state index >= 15 is 0 Å². The van der Waals surface area contributed by atoms with Crippen molar-refractivity contribution in [1.29, 1.82) is 0 Å². The van der Waals surface area contributed by atoms with E-state index in [2.05, 4.69) is 6.58 Å². The molecule has 4 heteroatoms. The highest BCUT2D eigenvalue weighted by Gasteiger charge is 2.09. The third-order valence-corrected chi connectivity index (χ3v) is 1.64. The standard InChI is InChI=1S/C11H20O4/c1-5-13-10(14-6-2)7-8-15-11(12)9(3)4/h10H,3,5-8H2,1-2,4H3. The van der Waals surface area contributed by atoms with Crippen LogP contribution in [0, 0.1) is 0 Å². The van der Waals surface area contributed by atoms with E-state index in [-0.39, 0.29) is 18.9 Å². The highest BCUT2D eigenvalue weighted by Crippen LogP contribution is 2.02. The third kappa shape index (κ3) is 7.11. The Morgan fingerprint density at radius 3 is 2.20 bits per heavy atom. The molecular weight excluding hydrogens is 196 g/mol. The van der Waals surface area contributed by atoms with Gasteiger partial charge in [0.2, 0.25) is 0 Å². The Balaban J connectivity index is 3.69. The summed E-state index contributed by atoms with van der Waals surface area (Å²) in [6.45, 7) is 10.3. The lowest BCUT2D eigenvalue weighted by Crippen LogP contribution is -2.20. The van der Waals surface area contributed by atoms with E-state index in [0.717, 1.165) is 0 Å². The molecule has 0 atom stereocenters. The summed E-state index contributed by atoms with van der Waals surface area (Å²) < 4.78 is 15.5. The van der Waals surface area contributed by atoms with Gasteiger partial charge in [0.1, 0.15) is 0 Å². The van der Waals surface area contributed by atoms with Gasteiger partial charge in [-0.3, -0.25) is 0 Å². The zero-order chi connectivity index (χ0) is 11.7. The Morgan fingerprint density at radius 2 is 1.80 bits per heavy atom. The van der Waals surface area contributed by atoms with Crippen LogP contribution in [0.2, 0.25) is 0 Å². The van der Waals surface area contributed by atoms with Crippen LogP contribution in [0.1, 0.15) is 27.2 Å². The summed E-state index contributed by atoms with van der Waals surface area (Å²) in [6.07, 6.45) is 0.249. The maximum Gasteiger partial charge on any atom is 0.333 e. The van der Waals surface area contributed by atoms with Crippen molar-refractivity contribution >= 4 is 5.97 Å². The molecule has 0 rings (SSSR count). The molecule has 0 unspecified atom stereocenters. The second kappa shape index (κ2) is 8.44. The zero-order valence-corrected chi connectivity index (χ0v) is 9.75. The molecule has 0 radical (unpaired) electrons. The summed E-state index contributed by atoms with van der Waals surface area (Å²) >= 11 is 0. The Morgan fingerprint density at radius 1 is 1.27 bits per heavy atom. The van der Waals surface area contributed by atoms with Gasteiger partial charge in [0.25, 0.3) is 0 Å². The first kappa shape index (κ1) is 14.1. The van der Waals surface area contributed by atoms with Gasteiger partial charge in [-0.05, 0) is 20.8 Å². The SMILES string of the molecule is C=C(C)C(=O)OCCC(OCC)OCC. The van der Waals surface area contributed by atoms with Crippen LogP contribution in [0.3, 0.4) is 0 Å². The third-order valence-electron chi connectivity index (χ3n) is 1.64. The van der Waals surface area contributed by atoms with Crippen LogP contribution in [0.4, 0.5) is 0 Å². The van der Waals surface area contributed by atoms with Crippen LogP contribution in [0.5, 0.6) is 0 Å². The normalized spacial score (nSPS) is 10.4. The van der Waals surface area contributed by atoms with Crippen LogP contribution in [-0.4, -0.2) is 32.1 Å². The second-order valence-corrected chi connectivity index (χ2v) is 3.05. The molecule has 0 aliphatic carbocycles. The van der Waals surface area contributed by atoms with Crippen molar-refractivity contribution in [3.63, 3.8) is 0 Å². The fraction of sp³-hybridized carbons (Fsp3) is 0.727. The minimum atomic E-state index is -0.373. The number of hydrogen-bond acceptors (Lipinski definition) is 4. The van der Waals surface area contributed by atoms with Gasteiger partial charge < -0.3 is 14.2 Å². The smallest absolute Gasteiger partial charge is 0.333 e. The number of esters is 1. The monoisotopic (exact) mass is 216 g/mol. The molecule has 88 valence electrons. The first-order valence-electron chi connectivity index (χ1n) is 5.17. The number of hydrogen-bond donors (Lipinski definition) is 0. The van der Waals surface area contributed by atoms with Crippen LogP contribution in [-0.2, 0) is 19.0 Å². The molecule has 0 amide bonds. The van der Waals surface area contributed by atoms with Gasteiger partial charge in [0, 0.05) is 25.2 Å². The van der Waals surface area contributed by atoms with E-state index in [1.165, 1.54) is 0 Å². The summed E-state index contributed by atoms with van der Waals surface area (Å²) in [6, 6.07) is 0. The van der Waals surface area contributed by atoms with Gasteiger partial charge in [-0.1, -0.05) is 6.58 Å². The molecule has 0 fully saturated rings. The molecule has 0 aromatic carbocycles. The summed E-state index contributed by atoms with van der Waals surface area (Å²) in [5.74, 6) is -0.373. The molecule has 0 bridgehead atoms. The van der Waals surface area contributed by atoms with Gasteiger partial charge in [-0.15, -0.1) is 0 Å². The van der Waals surface area contributed by atoms with Crippen molar-refractivity contribution in [2.24, 2.45) is 0 Å². The van der Waals surface area contributed by atoms with Crippen molar-refractivity contribution < 1.29 is 19.0 Å². The minimum absolute atomic E-state index is 0.288. The minimum Gasteiger partial charge on any atom is -0.462 e. The lowest BCUT2D eigenvalue weighted by molar-refractivity contribution is -0.155. The second-order valence-electron chi connectivity index (χ2n) is 3.05. The summed E-state index contributed by atoms with van der Waals surface area (Å²) in [4.78, 5) is 11.0. The van der Waals surface area contributed by atoms with Crippen LogP contribution >= 0.6 is 0 Å². The largest absolute Gasteiger partial charge is 0.462 e. The fourth-order valence-corrected chi connectivity index (χ4v) is 0.958. The molecule has 0 aromatic rings. The average molecular weight is 216 g/mol. The highest BCUT2D eigenvalue weighted by atomic mass is 16.7. The van der Waals surface area contributed by atoms with Gasteiger partial charge in [0.05, 0.1) is 6.61 Å². The quantitative estimate of drug-likeness (QED) is 0.353. The number of carbonyl (C=O) groups excluding carboxylic acids is 1. The predicted molar refractivity (Wildman–Crippen MR) is 57.4 cm³/mol. The van der Waals surface area contributed by atoms with E-state index < -0.39 is 0 Å². The lowest BCUT2D eigenvalue weighted by Gasteiger charge is -2.16. The van der Waals surface area contributed by atoms with Crippen molar-refractivity contribution in [3.05, 3.63) is 12.2 Å². The Hall–Kier alpha value is -0.870. The van der Waals surface area contributed by atoms with E-state index in [9.17, 15) is 4.79 Å². The summed E-state index contributed by atoms with van der Waals surface area (Å²) in [5.41, 5.74) is 0.402. The Kier molecular flexibility index (Phi) is 7.95. The average Bonchev–Trinajstić information content (AvgIpc) is 2.18. The highest BCUT2D eigenvalue weighted by molar-refractivity contribution is 5.86. The van der Waals surface area contributed by atoms with Crippen LogP contribution in [0.25, 0.3) is 0 Å². The summed E-state index contributed by atoms with van der Waals surface area (Å²) in [5, 5.41) is 0. The van der Waals surface area contributed by atoms with E-state index in [1.54, 1.807) is 6.92 Å². The molecule has 15 heavy (non-hydrogen) atoms. The lowest BCUT2D eigenvalue weighted by atomic mass is 10.3. The van der Waals surface area contributed by atoms with Gasteiger partial charge in [-0.2, -0.15) is 0 Å². The first-order chi connectivity index (χ1) is 7.11. The maximum atomic E-state index is 11.0. The van der Waals surface area contributed by atoms with E-state index in [0.29, 0.717) is 25.2 Å². The molecule has 4 nitrogen and oxygen atoms in total. The predicted octanol–water partition coefficient (Wildman–Crippen LogP) is 1.89. The van der Waals surface area contributed by atoms with Crippen LogP contribution < -0.4 is 0 Å². The molecule has 0 heterocycles. The Bertz CT molecular complexity index is 195. The zero-order valence-electron chi connectivity index (χ0n) is 9.75. The van der Waals surface area contributed by atoms with E-state index in [4.69, 9.17) is 14.2 Å². The number of ether oxygens (including phenoxy) is 3. The maximum absolute atomic E-state index is 11.0. The van der Waals surface area contributed by atoms with Gasteiger partial charge in [-0.25, -0.2) is 4.79 Å². The number of carbonyl (C=O) groups is 1. The molecule has 0 aliphatic rings. The van der Waals surface area contributed by atoms with Crippen LogP contribution in [0.15, 0.2) is 12.2 Å². The molecular formula is C11H20O4. The van der Waals surface area contributed by atoms with Crippen molar-refractivity contribution in [3.8, 4) is 0 Å². The molecule has 0 saturated heterocycles. The van der Waals surface area contributed by atoms with Crippen molar-refractivity contribution in [2.45, 2.75) is 33.5 Å². The topological polar surface area (TPSA) is 44.8 Å².